The number of hydrogen-bond donors (Lipinski definition) is 1. The second-order valence-electron chi connectivity index (χ2n) is 3.59. The number of aromatic nitrogens is 2. The van der Waals surface area contributed by atoms with Crippen LogP contribution in [0.2, 0.25) is 5.02 Å². The molecule has 0 aliphatic heterocycles. The Morgan fingerprint density at radius 2 is 2.00 bits per heavy atom. The third-order valence-corrected chi connectivity index (χ3v) is 3.33. The molecule has 1 aromatic carbocycles. The molecule has 0 atom stereocenters. The third kappa shape index (κ3) is 3.00. The van der Waals surface area contributed by atoms with Crippen molar-refractivity contribution in [2.45, 2.75) is 17.0 Å². The van der Waals surface area contributed by atoms with Gasteiger partial charge in [0.15, 0.2) is 5.16 Å². The lowest BCUT2D eigenvalue weighted by atomic mass is 10.2. The molecule has 0 aliphatic carbocycles. The van der Waals surface area contributed by atoms with E-state index in [9.17, 15) is 4.79 Å². The number of carboxylic acid groups (broad SMARTS) is 1. The molecule has 0 saturated carbocycles. The molecular weight excluding hydrogens is 272 g/mol. The van der Waals surface area contributed by atoms with Crippen molar-refractivity contribution < 1.29 is 9.90 Å². The Kier molecular flexibility index (Phi) is 3.84. The first-order valence-corrected chi connectivity index (χ1v) is 6.25. The summed E-state index contributed by atoms with van der Waals surface area (Å²) in [5.74, 6) is -1.02. The summed E-state index contributed by atoms with van der Waals surface area (Å²) in [4.78, 5) is 19.9. The number of hydrogen-bond acceptors (Lipinski definition) is 4. The summed E-state index contributed by atoms with van der Waals surface area (Å²) >= 11 is 6.98. The highest BCUT2D eigenvalue weighted by atomic mass is 35.5. The molecule has 0 bridgehead atoms. The number of nitrogens with zero attached hydrogens (tertiary/aromatic N) is 2. The van der Waals surface area contributed by atoms with Crippen LogP contribution in [0.3, 0.4) is 0 Å². The van der Waals surface area contributed by atoms with Crippen LogP contribution in [0.1, 0.15) is 15.9 Å². The molecule has 18 heavy (non-hydrogen) atoms. The SMILES string of the molecule is Cc1cnc(Sc2ccc(Cl)cc2C(=O)O)nc1. The van der Waals surface area contributed by atoms with Gasteiger partial charge in [0, 0.05) is 22.3 Å². The van der Waals surface area contributed by atoms with Crippen molar-refractivity contribution >= 4 is 29.3 Å². The molecule has 1 aromatic heterocycles. The van der Waals surface area contributed by atoms with Crippen LogP contribution in [0, 0.1) is 6.92 Å². The Hall–Kier alpha value is -1.59. The second-order valence-corrected chi connectivity index (χ2v) is 5.04. The highest BCUT2D eigenvalue weighted by molar-refractivity contribution is 7.99. The van der Waals surface area contributed by atoms with Crippen LogP contribution in [0.25, 0.3) is 0 Å². The monoisotopic (exact) mass is 280 g/mol. The number of benzene rings is 1. The van der Waals surface area contributed by atoms with Crippen molar-refractivity contribution in [3.05, 3.63) is 46.7 Å². The van der Waals surface area contributed by atoms with Crippen molar-refractivity contribution in [1.29, 1.82) is 0 Å². The van der Waals surface area contributed by atoms with E-state index < -0.39 is 5.97 Å². The molecule has 1 N–H and O–H groups in total. The lowest BCUT2D eigenvalue weighted by molar-refractivity contribution is 0.0693. The lowest BCUT2D eigenvalue weighted by Gasteiger charge is -2.05. The second kappa shape index (κ2) is 5.37. The molecule has 6 heteroatoms. The Morgan fingerprint density at radius 3 is 2.61 bits per heavy atom. The first-order valence-electron chi connectivity index (χ1n) is 5.05. The molecule has 0 aliphatic rings. The van der Waals surface area contributed by atoms with Gasteiger partial charge in [0.05, 0.1) is 5.56 Å². The number of halogens is 1. The van der Waals surface area contributed by atoms with Crippen LogP contribution < -0.4 is 0 Å². The van der Waals surface area contributed by atoms with Gasteiger partial charge in [-0.15, -0.1) is 0 Å². The summed E-state index contributed by atoms with van der Waals surface area (Å²) in [5.41, 5.74) is 1.10. The molecule has 0 fully saturated rings. The maximum atomic E-state index is 11.1. The highest BCUT2D eigenvalue weighted by Crippen LogP contribution is 2.29. The minimum absolute atomic E-state index is 0.150. The molecule has 0 saturated heterocycles. The molecular formula is C12H9ClN2O2S. The van der Waals surface area contributed by atoms with E-state index in [1.165, 1.54) is 17.8 Å². The third-order valence-electron chi connectivity index (χ3n) is 2.13. The van der Waals surface area contributed by atoms with Crippen molar-refractivity contribution in [2.24, 2.45) is 0 Å². The Bertz CT molecular complexity index is 587. The smallest absolute Gasteiger partial charge is 0.336 e. The number of rotatable bonds is 3. The summed E-state index contributed by atoms with van der Waals surface area (Å²) in [6, 6.07) is 4.71. The van der Waals surface area contributed by atoms with Crippen molar-refractivity contribution in [2.75, 3.05) is 0 Å². The first-order chi connectivity index (χ1) is 8.56. The molecule has 2 rings (SSSR count). The maximum Gasteiger partial charge on any atom is 0.336 e. The summed E-state index contributed by atoms with van der Waals surface area (Å²) in [6.07, 6.45) is 3.37. The van der Waals surface area contributed by atoms with Gasteiger partial charge in [0.25, 0.3) is 0 Å². The van der Waals surface area contributed by atoms with E-state index in [0.29, 0.717) is 15.1 Å². The van der Waals surface area contributed by atoms with Crippen LogP contribution in [-0.4, -0.2) is 21.0 Å². The van der Waals surface area contributed by atoms with E-state index in [0.717, 1.165) is 5.56 Å². The van der Waals surface area contributed by atoms with Crippen LogP contribution in [-0.2, 0) is 0 Å². The van der Waals surface area contributed by atoms with Gasteiger partial charge < -0.3 is 5.11 Å². The van der Waals surface area contributed by atoms with Crippen LogP contribution in [0.5, 0.6) is 0 Å². The fourth-order valence-corrected chi connectivity index (χ4v) is 2.26. The summed E-state index contributed by atoms with van der Waals surface area (Å²) in [7, 11) is 0. The van der Waals surface area contributed by atoms with Crippen LogP contribution >= 0.6 is 23.4 Å². The minimum Gasteiger partial charge on any atom is -0.478 e. The zero-order valence-corrected chi connectivity index (χ0v) is 11.0. The van der Waals surface area contributed by atoms with Gasteiger partial charge in [0.1, 0.15) is 0 Å². The van der Waals surface area contributed by atoms with Gasteiger partial charge in [-0.2, -0.15) is 0 Å². The molecule has 0 spiro atoms. The molecule has 0 radical (unpaired) electrons. The van der Waals surface area contributed by atoms with Crippen molar-refractivity contribution in [3.63, 3.8) is 0 Å². The maximum absolute atomic E-state index is 11.1. The van der Waals surface area contributed by atoms with Gasteiger partial charge in [-0.25, -0.2) is 14.8 Å². The molecule has 4 nitrogen and oxygen atoms in total. The number of aryl methyl sites for hydroxylation is 1. The van der Waals surface area contributed by atoms with E-state index in [-0.39, 0.29) is 5.56 Å². The van der Waals surface area contributed by atoms with Gasteiger partial charge in [-0.3, -0.25) is 0 Å². The van der Waals surface area contributed by atoms with E-state index in [1.807, 2.05) is 6.92 Å². The molecule has 2 aromatic rings. The van der Waals surface area contributed by atoms with Gasteiger partial charge in [0.2, 0.25) is 0 Å². The van der Waals surface area contributed by atoms with Gasteiger partial charge >= 0.3 is 5.97 Å². The van der Waals surface area contributed by atoms with Crippen molar-refractivity contribution in [1.82, 2.24) is 9.97 Å². The zero-order valence-electron chi connectivity index (χ0n) is 9.42. The summed E-state index contributed by atoms with van der Waals surface area (Å²) in [6.45, 7) is 1.89. The quantitative estimate of drug-likeness (QED) is 0.874. The van der Waals surface area contributed by atoms with E-state index >= 15 is 0 Å². The van der Waals surface area contributed by atoms with E-state index in [4.69, 9.17) is 16.7 Å². The number of carboxylic acids is 1. The topological polar surface area (TPSA) is 63.1 Å². The molecule has 1 heterocycles. The zero-order chi connectivity index (χ0) is 13.1. The summed E-state index contributed by atoms with van der Waals surface area (Å²) in [5, 5.41) is 9.99. The largest absolute Gasteiger partial charge is 0.478 e. The Labute approximate surface area is 113 Å². The van der Waals surface area contributed by atoms with Gasteiger partial charge in [-0.05, 0) is 42.4 Å². The van der Waals surface area contributed by atoms with Crippen LogP contribution in [0.4, 0.5) is 0 Å². The predicted octanol–water partition coefficient (Wildman–Crippen LogP) is 3.29. The average Bonchev–Trinajstić information content (AvgIpc) is 2.34. The lowest BCUT2D eigenvalue weighted by Crippen LogP contribution is -1.99. The Balaban J connectivity index is 2.34. The van der Waals surface area contributed by atoms with Crippen LogP contribution in [0.15, 0.2) is 40.6 Å². The fourth-order valence-electron chi connectivity index (χ4n) is 1.29. The van der Waals surface area contributed by atoms with Gasteiger partial charge in [-0.1, -0.05) is 11.6 Å². The molecule has 0 amide bonds. The van der Waals surface area contributed by atoms with E-state index in [1.54, 1.807) is 24.5 Å². The molecule has 92 valence electrons. The average molecular weight is 281 g/mol. The number of aromatic carboxylic acids is 1. The van der Waals surface area contributed by atoms with E-state index in [2.05, 4.69) is 9.97 Å². The highest BCUT2D eigenvalue weighted by Gasteiger charge is 2.12. The first kappa shape index (κ1) is 12.9. The standard InChI is InChI=1S/C12H9ClN2O2S/c1-7-5-14-12(15-6-7)18-10-3-2-8(13)4-9(10)11(16)17/h2-6H,1H3,(H,16,17). The van der Waals surface area contributed by atoms with Crippen molar-refractivity contribution in [3.8, 4) is 0 Å². The fraction of sp³-hybridized carbons (Fsp3) is 0.0833. The minimum atomic E-state index is -1.02. The number of carbonyl (C=O) groups is 1. The predicted molar refractivity (Wildman–Crippen MR) is 69.3 cm³/mol. The Morgan fingerprint density at radius 1 is 1.33 bits per heavy atom. The normalized spacial score (nSPS) is 10.3. The molecule has 0 unspecified atom stereocenters. The summed E-state index contributed by atoms with van der Waals surface area (Å²) < 4.78 is 0.